The summed E-state index contributed by atoms with van der Waals surface area (Å²) in [7, 11) is 3.26. The molecule has 6 nitrogen and oxygen atoms in total. The highest BCUT2D eigenvalue weighted by molar-refractivity contribution is 5.95. The van der Waals surface area contributed by atoms with Crippen LogP contribution in [0.3, 0.4) is 0 Å². The van der Waals surface area contributed by atoms with Crippen molar-refractivity contribution in [3.8, 4) is 11.5 Å². The van der Waals surface area contributed by atoms with Crippen LogP contribution in [0.2, 0.25) is 0 Å². The first-order valence-electron chi connectivity index (χ1n) is 8.18. The van der Waals surface area contributed by atoms with Gasteiger partial charge < -0.3 is 19.7 Å². The van der Waals surface area contributed by atoms with Gasteiger partial charge in [-0.15, -0.1) is 0 Å². The molecular weight excluding hydrogens is 377 g/mol. The number of hydrogen-bond acceptors (Lipinski definition) is 4. The van der Waals surface area contributed by atoms with E-state index in [4.69, 9.17) is 4.74 Å². The molecule has 9 heteroatoms. The fraction of sp³-hybridized carbons (Fsp3) is 0.263. The monoisotopic (exact) mass is 396 g/mol. The van der Waals surface area contributed by atoms with Gasteiger partial charge in [0.1, 0.15) is 0 Å². The zero-order chi connectivity index (χ0) is 20.7. The van der Waals surface area contributed by atoms with Gasteiger partial charge in [0.05, 0.1) is 0 Å². The van der Waals surface area contributed by atoms with Crippen molar-refractivity contribution in [2.45, 2.75) is 6.18 Å². The zero-order valence-corrected chi connectivity index (χ0v) is 15.2. The minimum atomic E-state index is -4.48. The van der Waals surface area contributed by atoms with Crippen LogP contribution in [-0.4, -0.2) is 50.2 Å². The number of anilines is 1. The molecule has 28 heavy (non-hydrogen) atoms. The Morgan fingerprint density at radius 3 is 2.07 bits per heavy atom. The van der Waals surface area contributed by atoms with E-state index in [1.165, 1.54) is 23.1 Å². The molecule has 1 N–H and O–H groups in total. The third-order valence-corrected chi connectivity index (χ3v) is 3.42. The number of ether oxygens (including phenoxy) is 2. The lowest BCUT2D eigenvalue weighted by Gasteiger charge is -2.14. The summed E-state index contributed by atoms with van der Waals surface area (Å²) in [5, 5.41) is 2.57. The molecule has 0 aliphatic carbocycles. The minimum Gasteiger partial charge on any atom is -0.480 e. The van der Waals surface area contributed by atoms with Crippen molar-refractivity contribution in [1.29, 1.82) is 0 Å². The Morgan fingerprint density at radius 1 is 0.964 bits per heavy atom. The molecule has 0 radical (unpaired) electrons. The van der Waals surface area contributed by atoms with Crippen LogP contribution in [-0.2, 0) is 4.79 Å². The van der Waals surface area contributed by atoms with Crippen LogP contribution in [0.4, 0.5) is 18.9 Å². The highest BCUT2D eigenvalue weighted by Gasteiger charge is 2.29. The van der Waals surface area contributed by atoms with Crippen molar-refractivity contribution >= 4 is 17.5 Å². The first-order valence-corrected chi connectivity index (χ1v) is 8.18. The molecule has 2 aromatic rings. The van der Waals surface area contributed by atoms with Crippen molar-refractivity contribution < 1.29 is 32.2 Å². The van der Waals surface area contributed by atoms with E-state index in [0.29, 0.717) is 11.3 Å². The lowest BCUT2D eigenvalue weighted by Crippen LogP contribution is -2.22. The Bertz CT molecular complexity index is 821. The number of carbonyl (C=O) groups excluding carboxylic acids is 2. The lowest BCUT2D eigenvalue weighted by molar-refractivity contribution is -0.153. The predicted molar refractivity (Wildman–Crippen MR) is 96.6 cm³/mol. The van der Waals surface area contributed by atoms with Crippen LogP contribution in [0.5, 0.6) is 11.5 Å². The molecule has 2 rings (SSSR count). The van der Waals surface area contributed by atoms with E-state index >= 15 is 0 Å². The Hall–Kier alpha value is -3.23. The van der Waals surface area contributed by atoms with Crippen molar-refractivity contribution in [2.24, 2.45) is 0 Å². The zero-order valence-electron chi connectivity index (χ0n) is 15.2. The third-order valence-electron chi connectivity index (χ3n) is 3.42. The maximum absolute atomic E-state index is 12.3. The van der Waals surface area contributed by atoms with Crippen LogP contribution >= 0.6 is 0 Å². The molecule has 150 valence electrons. The molecule has 2 aromatic carbocycles. The summed E-state index contributed by atoms with van der Waals surface area (Å²) in [5.74, 6) is -0.776. The Balaban J connectivity index is 1.92. The average Bonchev–Trinajstić information content (AvgIpc) is 2.64. The van der Waals surface area contributed by atoms with Gasteiger partial charge in [0.15, 0.2) is 24.7 Å². The van der Waals surface area contributed by atoms with Gasteiger partial charge in [-0.25, -0.2) is 0 Å². The smallest absolute Gasteiger partial charge is 0.422 e. The third kappa shape index (κ3) is 6.49. The van der Waals surface area contributed by atoms with Crippen molar-refractivity contribution in [1.82, 2.24) is 4.90 Å². The van der Waals surface area contributed by atoms with Gasteiger partial charge in [0.2, 0.25) is 0 Å². The van der Waals surface area contributed by atoms with Gasteiger partial charge in [0, 0.05) is 25.3 Å². The van der Waals surface area contributed by atoms with Crippen LogP contribution in [0.1, 0.15) is 10.4 Å². The summed E-state index contributed by atoms with van der Waals surface area (Å²) in [4.78, 5) is 25.3. The number of rotatable bonds is 7. The van der Waals surface area contributed by atoms with Gasteiger partial charge >= 0.3 is 6.18 Å². The first kappa shape index (κ1) is 21.1. The average molecular weight is 396 g/mol. The molecule has 0 atom stereocenters. The summed E-state index contributed by atoms with van der Waals surface area (Å²) in [6.45, 7) is -1.89. The van der Waals surface area contributed by atoms with Gasteiger partial charge in [-0.05, 0) is 36.4 Å². The molecule has 2 amide bonds. The van der Waals surface area contributed by atoms with Gasteiger partial charge in [0.25, 0.3) is 11.8 Å². The first-order chi connectivity index (χ1) is 13.2. The second-order valence-electron chi connectivity index (χ2n) is 5.96. The number of nitrogens with zero attached hydrogens (tertiary/aromatic N) is 1. The standard InChI is InChI=1S/C19H19F3N2O4/c1-24(2)18(26)13-7-9-14(10-8-13)23-17(25)11-27-15-5-3-4-6-16(15)28-12-19(20,21)22/h3-10H,11-12H2,1-2H3,(H,23,25). The molecular formula is C19H19F3N2O4. The number of carbonyl (C=O) groups is 2. The largest absolute Gasteiger partial charge is 0.480 e. The Labute approximate surface area is 159 Å². The van der Waals surface area contributed by atoms with Gasteiger partial charge in [-0.1, -0.05) is 12.1 Å². The molecule has 0 bridgehead atoms. The molecule has 0 unspecified atom stereocenters. The topological polar surface area (TPSA) is 67.9 Å². The van der Waals surface area contributed by atoms with Gasteiger partial charge in [-0.3, -0.25) is 9.59 Å². The summed E-state index contributed by atoms with van der Waals surface area (Å²) in [6, 6.07) is 12.0. The number of amides is 2. The Kier molecular flexibility index (Phi) is 6.86. The quantitative estimate of drug-likeness (QED) is 0.780. The SMILES string of the molecule is CN(C)C(=O)c1ccc(NC(=O)COc2ccccc2OCC(F)(F)F)cc1. The van der Waals surface area contributed by atoms with Crippen LogP contribution < -0.4 is 14.8 Å². The summed E-state index contributed by atoms with van der Waals surface area (Å²) < 4.78 is 46.8. The lowest BCUT2D eigenvalue weighted by atomic mass is 10.2. The molecule has 0 aliphatic heterocycles. The van der Waals surface area contributed by atoms with Crippen LogP contribution in [0, 0.1) is 0 Å². The number of benzene rings is 2. The fourth-order valence-electron chi connectivity index (χ4n) is 2.14. The molecule has 0 saturated carbocycles. The van der Waals surface area contributed by atoms with E-state index in [1.54, 1.807) is 44.4 Å². The highest BCUT2D eigenvalue weighted by Crippen LogP contribution is 2.28. The van der Waals surface area contributed by atoms with E-state index in [0.717, 1.165) is 0 Å². The highest BCUT2D eigenvalue weighted by atomic mass is 19.4. The van der Waals surface area contributed by atoms with Gasteiger partial charge in [-0.2, -0.15) is 13.2 Å². The summed E-state index contributed by atoms with van der Waals surface area (Å²) in [6.07, 6.45) is -4.48. The maximum Gasteiger partial charge on any atom is 0.422 e. The van der Waals surface area contributed by atoms with Crippen molar-refractivity contribution in [2.75, 3.05) is 32.6 Å². The molecule has 0 heterocycles. The van der Waals surface area contributed by atoms with E-state index < -0.39 is 25.3 Å². The summed E-state index contributed by atoms with van der Waals surface area (Å²) in [5.41, 5.74) is 0.917. The van der Waals surface area contributed by atoms with E-state index in [9.17, 15) is 22.8 Å². The normalized spacial score (nSPS) is 10.9. The van der Waals surface area contributed by atoms with Crippen LogP contribution in [0.15, 0.2) is 48.5 Å². The van der Waals surface area contributed by atoms with Crippen molar-refractivity contribution in [3.63, 3.8) is 0 Å². The number of alkyl halides is 3. The number of nitrogens with one attached hydrogen (secondary N) is 1. The molecule has 0 fully saturated rings. The fourth-order valence-corrected chi connectivity index (χ4v) is 2.14. The maximum atomic E-state index is 12.3. The number of halogens is 3. The van der Waals surface area contributed by atoms with E-state index in [1.807, 2.05) is 0 Å². The molecule has 0 aliphatic rings. The van der Waals surface area contributed by atoms with E-state index in [2.05, 4.69) is 10.1 Å². The number of para-hydroxylation sites is 2. The van der Waals surface area contributed by atoms with Crippen molar-refractivity contribution in [3.05, 3.63) is 54.1 Å². The predicted octanol–water partition coefficient (Wildman–Crippen LogP) is 3.35. The molecule has 0 aromatic heterocycles. The minimum absolute atomic E-state index is 0.0221. The number of hydrogen-bond donors (Lipinski definition) is 1. The molecule has 0 spiro atoms. The van der Waals surface area contributed by atoms with Crippen LogP contribution in [0.25, 0.3) is 0 Å². The second-order valence-corrected chi connectivity index (χ2v) is 5.96. The molecule has 0 saturated heterocycles. The second kappa shape index (κ2) is 9.12. The Morgan fingerprint density at radius 2 is 1.54 bits per heavy atom. The summed E-state index contributed by atoms with van der Waals surface area (Å²) >= 11 is 0. The van der Waals surface area contributed by atoms with E-state index in [-0.39, 0.29) is 17.4 Å².